The van der Waals surface area contributed by atoms with Crippen molar-refractivity contribution in [2.75, 3.05) is 45.2 Å². The number of amides is 1. The summed E-state index contributed by atoms with van der Waals surface area (Å²) in [5.74, 6) is 1.01. The van der Waals surface area contributed by atoms with E-state index in [1.54, 1.807) is 0 Å². The first kappa shape index (κ1) is 16.8. The third-order valence-electron chi connectivity index (χ3n) is 4.62. The number of hydrogen-bond donors (Lipinski definition) is 1. The summed E-state index contributed by atoms with van der Waals surface area (Å²) >= 11 is 0. The fraction of sp³-hybridized carbons (Fsp3) is 0.611. The first-order chi connectivity index (χ1) is 10.7. The molecule has 1 aromatic rings. The van der Waals surface area contributed by atoms with Crippen molar-refractivity contribution in [2.45, 2.75) is 25.7 Å². The highest BCUT2D eigenvalue weighted by atomic mass is 16.2. The van der Waals surface area contributed by atoms with Gasteiger partial charge in [-0.1, -0.05) is 18.2 Å². The number of carbonyl (C=O) groups is 1. The minimum absolute atomic E-state index is 0.278. The molecule has 0 radical (unpaired) electrons. The van der Waals surface area contributed by atoms with Crippen LogP contribution < -0.4 is 10.2 Å². The van der Waals surface area contributed by atoms with Gasteiger partial charge in [-0.05, 0) is 50.4 Å². The molecule has 0 aromatic heterocycles. The Morgan fingerprint density at radius 3 is 2.50 bits per heavy atom. The smallest absolute Gasteiger partial charge is 0.222 e. The van der Waals surface area contributed by atoms with Gasteiger partial charge in [0, 0.05) is 39.3 Å². The zero-order chi connectivity index (χ0) is 15.8. The molecule has 1 amide bonds. The highest BCUT2D eigenvalue weighted by Crippen LogP contribution is 2.18. The number of nitrogens with zero attached hydrogens (tertiary/aromatic N) is 2. The van der Waals surface area contributed by atoms with E-state index in [9.17, 15) is 4.79 Å². The van der Waals surface area contributed by atoms with Crippen LogP contribution in [0.5, 0.6) is 0 Å². The van der Waals surface area contributed by atoms with E-state index in [-0.39, 0.29) is 5.91 Å². The lowest BCUT2D eigenvalue weighted by atomic mass is 9.93. The number of hydrogen-bond acceptors (Lipinski definition) is 3. The molecular weight excluding hydrogens is 274 g/mol. The molecule has 0 bridgehead atoms. The van der Waals surface area contributed by atoms with E-state index >= 15 is 0 Å². The molecule has 1 aliphatic heterocycles. The van der Waals surface area contributed by atoms with E-state index in [0.29, 0.717) is 6.42 Å². The number of nitrogens with one attached hydrogen (secondary N) is 1. The van der Waals surface area contributed by atoms with E-state index in [1.807, 2.05) is 30.1 Å². The first-order valence-electron chi connectivity index (χ1n) is 8.37. The van der Waals surface area contributed by atoms with E-state index in [2.05, 4.69) is 29.4 Å². The average Bonchev–Trinajstić information content (AvgIpc) is 2.58. The molecular formula is C18H29N3O. The lowest BCUT2D eigenvalue weighted by molar-refractivity contribution is -0.130. The summed E-state index contributed by atoms with van der Waals surface area (Å²) < 4.78 is 0. The topological polar surface area (TPSA) is 35.6 Å². The SMILES string of the molecule is CN(CCN(C)c1ccccc1)C(=O)CCC1CCNCC1. The molecule has 0 unspecified atom stereocenters. The van der Waals surface area contributed by atoms with Gasteiger partial charge in [0.2, 0.25) is 5.91 Å². The second-order valence-electron chi connectivity index (χ2n) is 6.30. The van der Waals surface area contributed by atoms with Crippen LogP contribution in [-0.2, 0) is 4.79 Å². The van der Waals surface area contributed by atoms with E-state index < -0.39 is 0 Å². The molecule has 1 N–H and O–H groups in total. The molecule has 1 saturated heterocycles. The van der Waals surface area contributed by atoms with Crippen molar-refractivity contribution in [1.82, 2.24) is 10.2 Å². The molecule has 1 fully saturated rings. The number of anilines is 1. The van der Waals surface area contributed by atoms with Crippen molar-refractivity contribution in [2.24, 2.45) is 5.92 Å². The Hall–Kier alpha value is -1.55. The predicted octanol–water partition coefficient (Wildman–Crippen LogP) is 2.36. The van der Waals surface area contributed by atoms with Crippen LogP contribution in [0.15, 0.2) is 30.3 Å². The van der Waals surface area contributed by atoms with Crippen LogP contribution in [0.25, 0.3) is 0 Å². The quantitative estimate of drug-likeness (QED) is 0.840. The largest absolute Gasteiger partial charge is 0.373 e. The van der Waals surface area contributed by atoms with Crippen molar-refractivity contribution >= 4 is 11.6 Å². The lowest BCUT2D eigenvalue weighted by Gasteiger charge is -2.25. The molecule has 2 rings (SSSR count). The normalized spacial score (nSPS) is 15.5. The van der Waals surface area contributed by atoms with E-state index in [4.69, 9.17) is 0 Å². The Kier molecular flexibility index (Phi) is 6.72. The number of rotatable bonds is 7. The van der Waals surface area contributed by atoms with Gasteiger partial charge in [0.1, 0.15) is 0 Å². The summed E-state index contributed by atoms with van der Waals surface area (Å²) in [6.07, 6.45) is 4.16. The molecule has 22 heavy (non-hydrogen) atoms. The van der Waals surface area contributed by atoms with Crippen molar-refractivity contribution in [3.8, 4) is 0 Å². The van der Waals surface area contributed by atoms with Gasteiger partial charge in [-0.25, -0.2) is 0 Å². The third-order valence-corrected chi connectivity index (χ3v) is 4.62. The standard InChI is InChI=1S/C18H29N3O/c1-20(17-6-4-3-5-7-17)14-15-21(2)18(22)9-8-16-10-12-19-13-11-16/h3-7,16,19H,8-15H2,1-2H3. The maximum Gasteiger partial charge on any atom is 0.222 e. The zero-order valence-electron chi connectivity index (χ0n) is 13.9. The van der Waals surface area contributed by atoms with Crippen LogP contribution >= 0.6 is 0 Å². The summed E-state index contributed by atoms with van der Waals surface area (Å²) in [4.78, 5) is 16.3. The number of carbonyl (C=O) groups excluding carboxylic acids is 1. The summed E-state index contributed by atoms with van der Waals surface area (Å²) in [6.45, 7) is 3.85. The molecule has 4 heteroatoms. The van der Waals surface area contributed by atoms with Crippen LogP contribution in [0, 0.1) is 5.92 Å². The highest BCUT2D eigenvalue weighted by molar-refractivity contribution is 5.75. The van der Waals surface area contributed by atoms with E-state index in [0.717, 1.165) is 38.5 Å². The minimum Gasteiger partial charge on any atom is -0.373 e. The zero-order valence-corrected chi connectivity index (χ0v) is 13.9. The Bertz CT molecular complexity index is 443. The molecule has 0 saturated carbocycles. The predicted molar refractivity (Wildman–Crippen MR) is 92.2 cm³/mol. The van der Waals surface area contributed by atoms with Gasteiger partial charge in [-0.3, -0.25) is 4.79 Å². The van der Waals surface area contributed by atoms with Crippen LogP contribution in [0.1, 0.15) is 25.7 Å². The molecule has 0 atom stereocenters. The van der Waals surface area contributed by atoms with Crippen LogP contribution in [-0.4, -0.2) is 51.1 Å². The molecule has 1 aromatic carbocycles. The van der Waals surface area contributed by atoms with Gasteiger partial charge >= 0.3 is 0 Å². The summed E-state index contributed by atoms with van der Waals surface area (Å²) in [5.41, 5.74) is 1.19. The maximum absolute atomic E-state index is 12.2. The number of para-hydroxylation sites is 1. The second kappa shape index (κ2) is 8.79. The van der Waals surface area contributed by atoms with Crippen LogP contribution in [0.2, 0.25) is 0 Å². The van der Waals surface area contributed by atoms with Gasteiger partial charge in [0.15, 0.2) is 0 Å². The molecule has 1 heterocycles. The Morgan fingerprint density at radius 2 is 1.82 bits per heavy atom. The van der Waals surface area contributed by atoms with Gasteiger partial charge in [-0.15, -0.1) is 0 Å². The maximum atomic E-state index is 12.2. The van der Waals surface area contributed by atoms with Gasteiger partial charge < -0.3 is 15.1 Å². The van der Waals surface area contributed by atoms with Gasteiger partial charge in [0.05, 0.1) is 0 Å². The Morgan fingerprint density at radius 1 is 1.14 bits per heavy atom. The van der Waals surface area contributed by atoms with Crippen molar-refractivity contribution in [1.29, 1.82) is 0 Å². The van der Waals surface area contributed by atoms with Crippen molar-refractivity contribution < 1.29 is 4.79 Å². The molecule has 122 valence electrons. The first-order valence-corrected chi connectivity index (χ1v) is 8.37. The second-order valence-corrected chi connectivity index (χ2v) is 6.30. The van der Waals surface area contributed by atoms with Crippen LogP contribution in [0.3, 0.4) is 0 Å². The Labute approximate surface area is 134 Å². The van der Waals surface area contributed by atoms with Crippen molar-refractivity contribution in [3.63, 3.8) is 0 Å². The molecule has 1 aliphatic rings. The van der Waals surface area contributed by atoms with E-state index in [1.165, 1.54) is 18.5 Å². The minimum atomic E-state index is 0.278. The fourth-order valence-corrected chi connectivity index (χ4v) is 2.93. The monoisotopic (exact) mass is 303 g/mol. The third kappa shape index (κ3) is 5.34. The highest BCUT2D eigenvalue weighted by Gasteiger charge is 2.16. The fourth-order valence-electron chi connectivity index (χ4n) is 2.93. The Balaban J connectivity index is 1.67. The van der Waals surface area contributed by atoms with Crippen LogP contribution in [0.4, 0.5) is 5.69 Å². The number of piperidine rings is 1. The number of likely N-dealkylation sites (N-methyl/N-ethyl adjacent to an activating group) is 2. The average molecular weight is 303 g/mol. The van der Waals surface area contributed by atoms with Gasteiger partial charge in [0.25, 0.3) is 0 Å². The lowest BCUT2D eigenvalue weighted by Crippen LogP contribution is -2.35. The number of benzene rings is 1. The molecule has 0 spiro atoms. The summed E-state index contributed by atoms with van der Waals surface area (Å²) in [6, 6.07) is 10.3. The van der Waals surface area contributed by atoms with Crippen molar-refractivity contribution in [3.05, 3.63) is 30.3 Å². The molecule has 4 nitrogen and oxygen atoms in total. The molecule has 0 aliphatic carbocycles. The van der Waals surface area contributed by atoms with Gasteiger partial charge in [-0.2, -0.15) is 0 Å². The summed E-state index contributed by atoms with van der Waals surface area (Å²) in [7, 11) is 3.99. The summed E-state index contributed by atoms with van der Waals surface area (Å²) in [5, 5.41) is 3.37.